The lowest BCUT2D eigenvalue weighted by molar-refractivity contribution is -0.274. The number of nitrogens with one attached hydrogen (secondary N) is 1. The highest BCUT2D eigenvalue weighted by Crippen LogP contribution is 2.47. The molecule has 0 bridgehead atoms. The summed E-state index contributed by atoms with van der Waals surface area (Å²) in [7, 11) is 0. The number of hydrogen-bond acceptors (Lipinski definition) is 3. The zero-order chi connectivity index (χ0) is 18.1. The minimum Gasteiger partial charge on any atom is -0.406 e. The Kier molecular flexibility index (Phi) is 5.13. The Balaban J connectivity index is 1.87. The van der Waals surface area contributed by atoms with E-state index in [0.29, 0.717) is 6.42 Å². The molecule has 7 heteroatoms. The van der Waals surface area contributed by atoms with Gasteiger partial charge in [-0.25, -0.2) is 0 Å². The summed E-state index contributed by atoms with van der Waals surface area (Å²) in [5, 5.41) is 12.9. The lowest BCUT2D eigenvalue weighted by Crippen LogP contribution is -2.44. The van der Waals surface area contributed by atoms with Crippen molar-refractivity contribution >= 4 is 5.91 Å². The van der Waals surface area contributed by atoms with Crippen molar-refractivity contribution in [1.82, 2.24) is 5.32 Å². The van der Waals surface area contributed by atoms with Gasteiger partial charge in [-0.1, -0.05) is 26.0 Å². The summed E-state index contributed by atoms with van der Waals surface area (Å²) in [6, 6.07) is 5.59. The number of amides is 1. The number of ether oxygens (including phenoxy) is 1. The van der Waals surface area contributed by atoms with Gasteiger partial charge in [0.1, 0.15) is 5.75 Å². The molecule has 3 atom stereocenters. The number of hydrogen-bond donors (Lipinski definition) is 2. The first-order chi connectivity index (χ1) is 11.0. The number of carbonyl (C=O) groups excluding carboxylic acids is 1. The fourth-order valence-corrected chi connectivity index (χ4v) is 2.37. The summed E-state index contributed by atoms with van der Waals surface area (Å²) in [4.78, 5) is 12.1. The molecule has 2 N–H and O–H groups in total. The van der Waals surface area contributed by atoms with Gasteiger partial charge in [-0.2, -0.15) is 0 Å². The van der Waals surface area contributed by atoms with Gasteiger partial charge in [0.15, 0.2) is 0 Å². The van der Waals surface area contributed by atoms with Crippen LogP contribution in [0.25, 0.3) is 0 Å². The van der Waals surface area contributed by atoms with Crippen LogP contribution in [0.5, 0.6) is 5.75 Å². The normalized spacial score (nSPS) is 22.8. The van der Waals surface area contributed by atoms with Crippen LogP contribution in [-0.2, 0) is 4.79 Å². The quantitative estimate of drug-likeness (QED) is 0.832. The van der Waals surface area contributed by atoms with Crippen LogP contribution in [0, 0.1) is 11.8 Å². The van der Waals surface area contributed by atoms with Gasteiger partial charge in [-0.15, -0.1) is 13.2 Å². The lowest BCUT2D eigenvalue weighted by atomic mass is 9.92. The summed E-state index contributed by atoms with van der Waals surface area (Å²) in [5.41, 5.74) is -0.170. The molecule has 0 radical (unpaired) electrons. The molecule has 0 heterocycles. The molecule has 4 nitrogen and oxygen atoms in total. The summed E-state index contributed by atoms with van der Waals surface area (Å²) in [5.74, 6) is -0.623. The molecule has 1 amide bonds. The maximum absolute atomic E-state index is 12.1. The van der Waals surface area contributed by atoms with E-state index in [9.17, 15) is 23.1 Å². The molecule has 1 aromatic rings. The maximum Gasteiger partial charge on any atom is 0.573 e. The van der Waals surface area contributed by atoms with Gasteiger partial charge in [-0.05, 0) is 42.9 Å². The van der Waals surface area contributed by atoms with Gasteiger partial charge in [0.25, 0.3) is 0 Å². The van der Waals surface area contributed by atoms with Crippen LogP contribution in [0.1, 0.15) is 38.7 Å². The van der Waals surface area contributed by atoms with E-state index in [4.69, 9.17) is 0 Å². The molecular weight excluding hydrogens is 323 g/mol. The summed E-state index contributed by atoms with van der Waals surface area (Å²) >= 11 is 0. The van der Waals surface area contributed by atoms with E-state index in [1.54, 1.807) is 19.1 Å². The Morgan fingerprint density at radius 1 is 1.33 bits per heavy atom. The second kappa shape index (κ2) is 6.63. The zero-order valence-electron chi connectivity index (χ0n) is 13.9. The predicted octanol–water partition coefficient (Wildman–Crippen LogP) is 3.21. The van der Waals surface area contributed by atoms with Crippen LogP contribution in [-0.4, -0.2) is 29.5 Å². The van der Waals surface area contributed by atoms with E-state index < -0.39 is 12.0 Å². The maximum atomic E-state index is 12.1. The Labute approximate surface area is 139 Å². The van der Waals surface area contributed by atoms with Crippen LogP contribution in [0.2, 0.25) is 0 Å². The third kappa shape index (κ3) is 4.87. The molecule has 3 unspecified atom stereocenters. The number of alkyl halides is 3. The smallest absolute Gasteiger partial charge is 0.406 e. The van der Waals surface area contributed by atoms with Crippen molar-refractivity contribution in [3.05, 3.63) is 29.8 Å². The average molecular weight is 345 g/mol. The number of rotatable bonds is 6. The third-order valence-electron chi connectivity index (χ3n) is 4.53. The highest BCUT2D eigenvalue weighted by molar-refractivity contribution is 5.83. The van der Waals surface area contributed by atoms with Gasteiger partial charge < -0.3 is 15.2 Å². The first-order valence-corrected chi connectivity index (χ1v) is 7.85. The van der Waals surface area contributed by atoms with Crippen molar-refractivity contribution in [3.8, 4) is 5.75 Å². The van der Waals surface area contributed by atoms with Gasteiger partial charge in [0.05, 0.1) is 5.60 Å². The first-order valence-electron chi connectivity index (χ1n) is 7.85. The van der Waals surface area contributed by atoms with Crippen molar-refractivity contribution in [2.75, 3.05) is 6.54 Å². The minimum absolute atomic E-state index is 0.00562. The Hall–Kier alpha value is -1.76. The monoisotopic (exact) mass is 345 g/mol. The summed E-state index contributed by atoms with van der Waals surface area (Å²) in [6.07, 6.45) is -4.06. The predicted molar refractivity (Wildman–Crippen MR) is 82.4 cm³/mol. The highest BCUT2D eigenvalue weighted by Gasteiger charge is 2.44. The van der Waals surface area contributed by atoms with E-state index in [-0.39, 0.29) is 36.0 Å². The van der Waals surface area contributed by atoms with Crippen molar-refractivity contribution in [2.45, 2.75) is 45.1 Å². The van der Waals surface area contributed by atoms with Crippen LogP contribution in [0.3, 0.4) is 0 Å². The molecule has 1 saturated carbocycles. The number of aliphatic hydroxyl groups is 1. The van der Waals surface area contributed by atoms with Crippen molar-refractivity contribution in [1.29, 1.82) is 0 Å². The van der Waals surface area contributed by atoms with E-state index in [1.165, 1.54) is 12.1 Å². The number of carbonyl (C=O) groups is 1. The first kappa shape index (κ1) is 18.6. The number of halogens is 3. The molecule has 1 fully saturated rings. The van der Waals surface area contributed by atoms with E-state index in [0.717, 1.165) is 5.56 Å². The SMILES string of the molecule is CC(C)C(C)(O)CNC(=O)C1CC1c1ccc(OC(F)(F)F)cc1. The van der Waals surface area contributed by atoms with Crippen molar-refractivity contribution in [2.24, 2.45) is 11.8 Å². The molecule has 24 heavy (non-hydrogen) atoms. The van der Waals surface area contributed by atoms with E-state index in [1.807, 2.05) is 13.8 Å². The zero-order valence-corrected chi connectivity index (χ0v) is 13.9. The summed E-state index contributed by atoms with van der Waals surface area (Å²) in [6.45, 7) is 5.58. The van der Waals surface area contributed by atoms with Crippen molar-refractivity contribution in [3.63, 3.8) is 0 Å². The molecule has 0 spiro atoms. The molecule has 0 aliphatic heterocycles. The number of benzene rings is 1. The van der Waals surface area contributed by atoms with Gasteiger partial charge >= 0.3 is 6.36 Å². The fourth-order valence-electron chi connectivity index (χ4n) is 2.37. The van der Waals surface area contributed by atoms with Gasteiger partial charge in [0.2, 0.25) is 5.91 Å². The second-order valence-electron chi connectivity index (χ2n) is 6.80. The molecule has 0 saturated heterocycles. The topological polar surface area (TPSA) is 58.6 Å². The molecular formula is C17H22F3NO3. The standard InChI is InChI=1S/C17H22F3NO3/c1-10(2)16(3,23)9-21-15(22)14-8-13(14)11-4-6-12(7-5-11)24-17(18,19)20/h4-7,10,13-14,23H,8-9H2,1-3H3,(H,21,22). The van der Waals surface area contributed by atoms with Crippen LogP contribution in [0.4, 0.5) is 13.2 Å². The molecule has 0 aromatic heterocycles. The van der Waals surface area contributed by atoms with E-state index in [2.05, 4.69) is 10.1 Å². The highest BCUT2D eigenvalue weighted by atomic mass is 19.4. The Morgan fingerprint density at radius 2 is 1.92 bits per heavy atom. The van der Waals surface area contributed by atoms with Gasteiger partial charge in [0, 0.05) is 12.5 Å². The molecule has 1 aliphatic carbocycles. The van der Waals surface area contributed by atoms with Crippen LogP contribution < -0.4 is 10.1 Å². The molecule has 1 aromatic carbocycles. The third-order valence-corrected chi connectivity index (χ3v) is 4.53. The second-order valence-corrected chi connectivity index (χ2v) is 6.80. The molecule has 134 valence electrons. The van der Waals surface area contributed by atoms with Crippen molar-refractivity contribution < 1.29 is 27.8 Å². The van der Waals surface area contributed by atoms with Gasteiger partial charge in [-0.3, -0.25) is 4.79 Å². The van der Waals surface area contributed by atoms with E-state index >= 15 is 0 Å². The fraction of sp³-hybridized carbons (Fsp3) is 0.588. The average Bonchev–Trinajstić information content (AvgIpc) is 3.24. The lowest BCUT2D eigenvalue weighted by Gasteiger charge is -2.27. The molecule has 2 rings (SSSR count). The van der Waals surface area contributed by atoms with Crippen LogP contribution >= 0.6 is 0 Å². The Morgan fingerprint density at radius 3 is 2.42 bits per heavy atom. The largest absolute Gasteiger partial charge is 0.573 e. The minimum atomic E-state index is -4.71. The van der Waals surface area contributed by atoms with Crippen LogP contribution in [0.15, 0.2) is 24.3 Å². The Bertz CT molecular complexity index is 582. The summed E-state index contributed by atoms with van der Waals surface area (Å²) < 4.78 is 40.2. The molecule has 1 aliphatic rings.